The molecule has 0 aliphatic rings. The second-order valence-electron chi connectivity index (χ2n) is 5.15. The summed E-state index contributed by atoms with van der Waals surface area (Å²) < 4.78 is 76.7. The number of halogens is 7. The molecule has 0 unspecified atom stereocenters. The molecule has 0 aliphatic heterocycles. The zero-order chi connectivity index (χ0) is 21.0. The minimum atomic E-state index is -4.84. The fourth-order valence-electron chi connectivity index (χ4n) is 2.24. The van der Waals surface area contributed by atoms with Crippen molar-refractivity contribution < 1.29 is 41.4 Å². The second-order valence-corrected chi connectivity index (χ2v) is 5.15. The third kappa shape index (κ3) is 5.01. The van der Waals surface area contributed by atoms with Gasteiger partial charge in [0.25, 0.3) is 0 Å². The predicted molar refractivity (Wildman–Crippen MR) is 85.7 cm³/mol. The van der Waals surface area contributed by atoms with Crippen molar-refractivity contribution in [3.8, 4) is 0 Å². The highest BCUT2D eigenvalue weighted by Crippen LogP contribution is 2.37. The summed E-state index contributed by atoms with van der Waals surface area (Å²) in [5.74, 6) is -0.446. The fraction of sp³-hybridized carbons (Fsp3) is 0.235. The van der Waals surface area contributed by atoms with E-state index in [4.69, 9.17) is 0 Å². The first-order valence-corrected chi connectivity index (χ1v) is 8.62. The number of rotatable bonds is 3. The van der Waals surface area contributed by atoms with E-state index in [2.05, 4.69) is 15.9 Å². The predicted octanol–water partition coefficient (Wildman–Crippen LogP) is 3.72. The van der Waals surface area contributed by atoms with E-state index in [1.54, 1.807) is 0 Å². The van der Waals surface area contributed by atoms with Gasteiger partial charge in [-0.3, -0.25) is 0 Å². The molecule has 0 heterocycles. The van der Waals surface area contributed by atoms with Crippen LogP contribution in [0.2, 0.25) is 0 Å². The maximum atomic E-state index is 12.8. The summed E-state index contributed by atoms with van der Waals surface area (Å²) in [7, 11) is 0. The van der Waals surface area contributed by atoms with Crippen LogP contribution in [0.25, 0.3) is 0 Å². The van der Waals surface area contributed by atoms with Crippen LogP contribution in [-0.2, 0) is 22.7 Å². The molecule has 10 heteroatoms. The summed E-state index contributed by atoms with van der Waals surface area (Å²) in [6.07, 6.45) is -9.67. The number of alkyl halides is 7. The Morgan fingerprint density at radius 3 is 1.37 bits per heavy atom. The number of carboxylic acids is 1. The molecular formula is C17H12BrF6O3-. The zero-order valence-electron chi connectivity index (χ0n) is 13.5. The van der Waals surface area contributed by atoms with Crippen molar-refractivity contribution in [1.82, 2.24) is 0 Å². The number of aliphatic hydroxyl groups is 1. The first-order chi connectivity index (χ1) is 12.4. The number of carbonyl (C=O) groups is 1. The van der Waals surface area contributed by atoms with Gasteiger partial charge in [-0.05, 0) is 41.2 Å². The van der Waals surface area contributed by atoms with Gasteiger partial charge in [0, 0.05) is 0 Å². The van der Waals surface area contributed by atoms with E-state index in [0.717, 1.165) is 24.3 Å². The van der Waals surface area contributed by atoms with Gasteiger partial charge in [0.15, 0.2) is 5.60 Å². The van der Waals surface area contributed by atoms with Crippen LogP contribution in [0.5, 0.6) is 0 Å². The van der Waals surface area contributed by atoms with E-state index in [1.807, 2.05) is 5.83 Å². The Morgan fingerprint density at radius 2 is 1.11 bits per heavy atom. The highest BCUT2D eigenvalue weighted by molar-refractivity contribution is 9.08. The molecule has 0 radical (unpaired) electrons. The van der Waals surface area contributed by atoms with E-state index < -0.39 is 46.2 Å². The number of hydrogen-bond donors (Lipinski definition) is 1. The largest absolute Gasteiger partial charge is 0.546 e. The summed E-state index contributed by atoms with van der Waals surface area (Å²) in [5.41, 5.74) is -7.28. The van der Waals surface area contributed by atoms with Gasteiger partial charge in [-0.1, -0.05) is 40.2 Å². The maximum Gasteiger partial charge on any atom is 0.416 e. The second kappa shape index (κ2) is 8.30. The Kier molecular flexibility index (Phi) is 7.06. The summed E-state index contributed by atoms with van der Waals surface area (Å²) >= 11 is 2.94. The molecule has 0 saturated carbocycles. The minimum Gasteiger partial charge on any atom is -0.546 e. The van der Waals surface area contributed by atoms with Crippen molar-refractivity contribution in [2.24, 2.45) is 0 Å². The molecule has 27 heavy (non-hydrogen) atoms. The van der Waals surface area contributed by atoms with Crippen LogP contribution in [0.15, 0.2) is 48.5 Å². The van der Waals surface area contributed by atoms with E-state index in [9.17, 15) is 41.4 Å². The van der Waals surface area contributed by atoms with Crippen molar-refractivity contribution >= 4 is 21.9 Å². The normalized spacial score (nSPS) is 12.2. The first-order valence-electron chi connectivity index (χ1n) is 7.04. The van der Waals surface area contributed by atoms with Crippen molar-refractivity contribution in [3.05, 3.63) is 70.8 Å². The molecule has 0 aromatic heterocycles. The van der Waals surface area contributed by atoms with Gasteiger partial charge in [-0.2, -0.15) is 26.3 Å². The quantitative estimate of drug-likeness (QED) is 0.564. The molecule has 0 fully saturated rings. The first kappa shape index (κ1) is 23.0. The van der Waals surface area contributed by atoms with Gasteiger partial charge >= 0.3 is 12.4 Å². The third-order valence-corrected chi connectivity index (χ3v) is 3.51. The monoisotopic (exact) mass is 457 g/mol. The molecule has 0 amide bonds. The van der Waals surface area contributed by atoms with Crippen molar-refractivity contribution in [2.75, 3.05) is 5.83 Å². The zero-order valence-corrected chi connectivity index (χ0v) is 15.1. The lowest BCUT2D eigenvalue weighted by Gasteiger charge is -2.31. The van der Waals surface area contributed by atoms with Crippen LogP contribution in [0.1, 0.15) is 22.3 Å². The SMILES string of the molecule is CBr.O=C([O-])C(O)(c1cccc(C(F)(F)F)c1)c1cccc(C(F)(F)F)c1. The smallest absolute Gasteiger partial charge is 0.416 e. The summed E-state index contributed by atoms with van der Waals surface area (Å²) in [5, 5.41) is 21.8. The summed E-state index contributed by atoms with van der Waals surface area (Å²) in [6.45, 7) is 0. The molecular weight excluding hydrogens is 446 g/mol. The van der Waals surface area contributed by atoms with Crippen LogP contribution in [0.3, 0.4) is 0 Å². The molecule has 0 aliphatic carbocycles. The highest BCUT2D eigenvalue weighted by Gasteiger charge is 2.39. The van der Waals surface area contributed by atoms with Gasteiger partial charge in [0.2, 0.25) is 0 Å². The molecule has 2 aromatic carbocycles. The Bertz CT molecular complexity index is 744. The van der Waals surface area contributed by atoms with Crippen molar-refractivity contribution in [3.63, 3.8) is 0 Å². The summed E-state index contributed by atoms with van der Waals surface area (Å²) in [4.78, 5) is 11.4. The molecule has 0 saturated heterocycles. The molecule has 148 valence electrons. The van der Waals surface area contributed by atoms with Crippen LogP contribution >= 0.6 is 15.9 Å². The standard InChI is InChI=1S/C16H10F6O3.CH3Br/c17-15(18,19)11-5-1-3-9(7-11)14(25,13(23)24)10-4-2-6-12(8-10)16(20,21)22;1-2/h1-8,25H,(H,23,24);1H3/p-1. The molecule has 1 N–H and O–H groups in total. The Hall–Kier alpha value is -2.07. The van der Waals surface area contributed by atoms with E-state index in [-0.39, 0.29) is 0 Å². The summed E-state index contributed by atoms with van der Waals surface area (Å²) in [6, 6.07) is 5.32. The highest BCUT2D eigenvalue weighted by atomic mass is 79.9. The number of aliphatic carboxylic acids is 1. The number of carboxylic acid groups (broad SMARTS) is 1. The van der Waals surface area contributed by atoms with E-state index >= 15 is 0 Å². The number of hydrogen-bond acceptors (Lipinski definition) is 3. The van der Waals surface area contributed by atoms with Crippen LogP contribution in [-0.4, -0.2) is 16.9 Å². The lowest BCUT2D eigenvalue weighted by molar-refractivity contribution is -0.323. The molecule has 0 atom stereocenters. The van der Waals surface area contributed by atoms with Gasteiger partial charge in [-0.15, -0.1) is 0 Å². The fourth-order valence-corrected chi connectivity index (χ4v) is 2.24. The minimum absolute atomic E-state index is 0.343. The van der Waals surface area contributed by atoms with Gasteiger partial charge in [0.05, 0.1) is 17.1 Å². The lowest BCUT2D eigenvalue weighted by Crippen LogP contribution is -2.47. The lowest BCUT2D eigenvalue weighted by atomic mass is 9.85. The van der Waals surface area contributed by atoms with E-state index in [0.29, 0.717) is 24.3 Å². The van der Waals surface area contributed by atoms with Crippen molar-refractivity contribution in [1.29, 1.82) is 0 Å². The van der Waals surface area contributed by atoms with Crippen LogP contribution in [0.4, 0.5) is 26.3 Å². The van der Waals surface area contributed by atoms with Crippen LogP contribution in [0, 0.1) is 0 Å². The van der Waals surface area contributed by atoms with Gasteiger partial charge in [0.1, 0.15) is 0 Å². The number of benzene rings is 2. The Balaban J connectivity index is 0.00000176. The number of carbonyl (C=O) groups excluding carboxylic acids is 1. The van der Waals surface area contributed by atoms with Gasteiger partial charge < -0.3 is 15.0 Å². The van der Waals surface area contributed by atoms with Gasteiger partial charge in [-0.25, -0.2) is 0 Å². The molecule has 0 bridgehead atoms. The third-order valence-electron chi connectivity index (χ3n) is 3.51. The van der Waals surface area contributed by atoms with Crippen LogP contribution < -0.4 is 5.11 Å². The molecule has 2 rings (SSSR count). The Morgan fingerprint density at radius 1 is 0.815 bits per heavy atom. The topological polar surface area (TPSA) is 60.4 Å². The maximum absolute atomic E-state index is 12.8. The molecule has 3 nitrogen and oxygen atoms in total. The van der Waals surface area contributed by atoms with Crippen molar-refractivity contribution in [2.45, 2.75) is 18.0 Å². The average Bonchev–Trinajstić information content (AvgIpc) is 2.61. The van der Waals surface area contributed by atoms with E-state index in [1.165, 1.54) is 0 Å². The molecule has 0 spiro atoms. The average molecular weight is 458 g/mol. The molecule has 2 aromatic rings. The Labute approximate surface area is 158 Å².